The van der Waals surface area contributed by atoms with Gasteiger partial charge in [0.15, 0.2) is 5.75 Å². The van der Waals surface area contributed by atoms with Gasteiger partial charge in [0.05, 0.1) is 26.6 Å². The average Bonchev–Trinajstić information content (AvgIpc) is 2.82. The highest BCUT2D eigenvalue weighted by Gasteiger charge is 2.16. The molecule has 0 aliphatic carbocycles. The lowest BCUT2D eigenvalue weighted by Gasteiger charge is -2.14. The molecule has 1 heterocycles. The van der Waals surface area contributed by atoms with Crippen molar-refractivity contribution in [2.75, 3.05) is 0 Å². The summed E-state index contributed by atoms with van der Waals surface area (Å²) in [6, 6.07) is 15.1. The summed E-state index contributed by atoms with van der Waals surface area (Å²) in [7, 11) is 0. The number of aromatic nitrogens is 2. The van der Waals surface area contributed by atoms with E-state index in [9.17, 15) is 9.18 Å². The van der Waals surface area contributed by atoms with Crippen molar-refractivity contribution in [2.24, 2.45) is 5.10 Å². The molecule has 35 heavy (non-hydrogen) atoms. The van der Waals surface area contributed by atoms with E-state index in [1.165, 1.54) is 16.8 Å². The van der Waals surface area contributed by atoms with E-state index in [2.05, 4.69) is 37.0 Å². The second-order valence-corrected chi connectivity index (χ2v) is 10.2. The summed E-state index contributed by atoms with van der Waals surface area (Å²) in [4.78, 5) is 18.0. The standard InChI is InChI=1S/C26H21Br2ClFN3O2/c1-3-15(2)25-32-23-8-7-18(27)12-20(23)26(34)33(25)31-13-17-10-21(28)24(22(29)11-17)35-14-16-5-4-6-19(30)9-16/h4-13,15H,3,14H2,1-2H3/t15-/m1/s1. The summed E-state index contributed by atoms with van der Waals surface area (Å²) in [5, 5.41) is 5.31. The Kier molecular flexibility index (Phi) is 8.04. The van der Waals surface area contributed by atoms with Crippen LogP contribution < -0.4 is 10.3 Å². The van der Waals surface area contributed by atoms with Crippen molar-refractivity contribution in [3.63, 3.8) is 0 Å². The molecule has 5 nitrogen and oxygen atoms in total. The van der Waals surface area contributed by atoms with Crippen LogP contribution >= 0.6 is 43.5 Å². The molecular formula is C26H21Br2ClFN3O2. The van der Waals surface area contributed by atoms with Crippen LogP contribution in [-0.4, -0.2) is 15.9 Å². The number of rotatable bonds is 7. The monoisotopic (exact) mass is 619 g/mol. The molecule has 3 aromatic carbocycles. The highest BCUT2D eigenvalue weighted by atomic mass is 79.9. The summed E-state index contributed by atoms with van der Waals surface area (Å²) in [6.07, 6.45) is 2.37. The first-order valence-corrected chi connectivity index (χ1v) is 12.9. The Morgan fingerprint density at radius 1 is 1.20 bits per heavy atom. The van der Waals surface area contributed by atoms with Crippen molar-refractivity contribution in [2.45, 2.75) is 32.8 Å². The molecule has 0 amide bonds. The van der Waals surface area contributed by atoms with Gasteiger partial charge >= 0.3 is 0 Å². The Bertz CT molecular complexity index is 1470. The molecule has 0 spiro atoms. The Hall–Kier alpha value is -2.55. The molecule has 1 atom stereocenters. The van der Waals surface area contributed by atoms with Gasteiger partial charge in [-0.2, -0.15) is 9.78 Å². The summed E-state index contributed by atoms with van der Waals surface area (Å²) in [6.45, 7) is 4.21. The van der Waals surface area contributed by atoms with E-state index < -0.39 is 0 Å². The molecule has 0 saturated heterocycles. The van der Waals surface area contributed by atoms with Crippen LogP contribution in [0.4, 0.5) is 4.39 Å². The maximum Gasteiger partial charge on any atom is 0.282 e. The first-order chi connectivity index (χ1) is 16.8. The molecule has 0 radical (unpaired) electrons. The van der Waals surface area contributed by atoms with E-state index in [4.69, 9.17) is 21.3 Å². The van der Waals surface area contributed by atoms with Gasteiger partial charge in [0, 0.05) is 10.4 Å². The fourth-order valence-electron chi connectivity index (χ4n) is 3.48. The van der Waals surface area contributed by atoms with Gasteiger partial charge < -0.3 is 4.74 Å². The third-order valence-electron chi connectivity index (χ3n) is 5.50. The SMILES string of the molecule is CC[C@@H](C)c1nc2ccc(Br)cc2c(=O)n1N=Cc1cc(Cl)c(OCc2cccc(F)c2)c(Br)c1. The normalized spacial score (nSPS) is 12.4. The zero-order valence-electron chi connectivity index (χ0n) is 18.9. The van der Waals surface area contributed by atoms with E-state index in [0.717, 1.165) is 10.9 Å². The molecule has 4 rings (SSSR count). The van der Waals surface area contributed by atoms with E-state index in [0.29, 0.717) is 43.1 Å². The van der Waals surface area contributed by atoms with Crippen LogP contribution in [0, 0.1) is 5.82 Å². The van der Waals surface area contributed by atoms with Gasteiger partial charge in [-0.05, 0) is 75.9 Å². The molecule has 0 N–H and O–H groups in total. The molecule has 0 saturated carbocycles. The zero-order valence-corrected chi connectivity index (χ0v) is 22.9. The molecule has 0 aliphatic heterocycles. The smallest absolute Gasteiger partial charge is 0.282 e. The van der Waals surface area contributed by atoms with Crippen LogP contribution in [0.3, 0.4) is 0 Å². The molecule has 0 aliphatic rings. The summed E-state index contributed by atoms with van der Waals surface area (Å²) in [5.74, 6) is 0.721. The van der Waals surface area contributed by atoms with Gasteiger partial charge in [-0.25, -0.2) is 9.37 Å². The Balaban J connectivity index is 1.67. The van der Waals surface area contributed by atoms with Crippen LogP contribution in [-0.2, 0) is 6.61 Å². The van der Waals surface area contributed by atoms with Crippen molar-refractivity contribution in [1.29, 1.82) is 0 Å². The van der Waals surface area contributed by atoms with E-state index in [1.807, 2.05) is 26.0 Å². The van der Waals surface area contributed by atoms with E-state index in [-0.39, 0.29) is 23.9 Å². The van der Waals surface area contributed by atoms with Crippen LogP contribution in [0.1, 0.15) is 43.1 Å². The number of nitrogens with zero attached hydrogens (tertiary/aromatic N) is 3. The minimum atomic E-state index is -0.328. The number of hydrogen-bond donors (Lipinski definition) is 0. The van der Waals surface area contributed by atoms with Gasteiger partial charge in [-0.3, -0.25) is 4.79 Å². The minimum Gasteiger partial charge on any atom is -0.486 e. The molecule has 9 heteroatoms. The lowest BCUT2D eigenvalue weighted by Crippen LogP contribution is -2.23. The van der Waals surface area contributed by atoms with Crippen molar-refractivity contribution in [3.8, 4) is 5.75 Å². The highest BCUT2D eigenvalue weighted by molar-refractivity contribution is 9.10. The topological polar surface area (TPSA) is 56.5 Å². The van der Waals surface area contributed by atoms with Gasteiger partial charge in [0.25, 0.3) is 5.56 Å². The summed E-state index contributed by atoms with van der Waals surface area (Å²) < 4.78 is 22.0. The Labute approximate surface area is 223 Å². The number of halogens is 4. The first-order valence-electron chi connectivity index (χ1n) is 10.9. The predicted octanol–water partition coefficient (Wildman–Crippen LogP) is 7.69. The third-order valence-corrected chi connectivity index (χ3v) is 6.86. The van der Waals surface area contributed by atoms with E-state index in [1.54, 1.807) is 36.5 Å². The summed E-state index contributed by atoms with van der Waals surface area (Å²) >= 11 is 13.4. The summed E-state index contributed by atoms with van der Waals surface area (Å²) in [5.41, 5.74) is 1.73. The van der Waals surface area contributed by atoms with Gasteiger partial charge in [0.1, 0.15) is 18.2 Å². The zero-order chi connectivity index (χ0) is 25.1. The minimum absolute atomic E-state index is 0.0295. The van der Waals surface area contributed by atoms with Crippen molar-refractivity contribution in [3.05, 3.63) is 102 Å². The Morgan fingerprint density at radius 3 is 2.71 bits per heavy atom. The van der Waals surface area contributed by atoms with Gasteiger partial charge in [0.2, 0.25) is 0 Å². The lowest BCUT2D eigenvalue weighted by molar-refractivity contribution is 0.304. The average molecular weight is 622 g/mol. The van der Waals surface area contributed by atoms with E-state index >= 15 is 0 Å². The molecule has 180 valence electrons. The fourth-order valence-corrected chi connectivity index (χ4v) is 4.83. The molecule has 0 fully saturated rings. The first kappa shape index (κ1) is 25.5. The number of fused-ring (bicyclic) bond motifs is 1. The lowest BCUT2D eigenvalue weighted by atomic mass is 10.1. The second kappa shape index (κ2) is 11.0. The maximum atomic E-state index is 13.4. The van der Waals surface area contributed by atoms with Crippen LogP contribution in [0.2, 0.25) is 5.02 Å². The Morgan fingerprint density at radius 2 is 2.00 bits per heavy atom. The molecule has 4 aromatic rings. The predicted molar refractivity (Wildman–Crippen MR) is 145 cm³/mol. The van der Waals surface area contributed by atoms with Crippen LogP contribution in [0.5, 0.6) is 5.75 Å². The molecular weight excluding hydrogens is 601 g/mol. The van der Waals surface area contributed by atoms with Crippen molar-refractivity contribution in [1.82, 2.24) is 9.66 Å². The number of benzene rings is 3. The van der Waals surface area contributed by atoms with Crippen LogP contribution in [0.15, 0.2) is 73.4 Å². The van der Waals surface area contributed by atoms with Gasteiger partial charge in [-0.15, -0.1) is 0 Å². The highest BCUT2D eigenvalue weighted by Crippen LogP contribution is 2.35. The maximum absolute atomic E-state index is 13.4. The molecule has 0 bridgehead atoms. The number of hydrogen-bond acceptors (Lipinski definition) is 4. The molecule has 1 aromatic heterocycles. The van der Waals surface area contributed by atoms with Crippen LogP contribution in [0.25, 0.3) is 10.9 Å². The fraction of sp³-hybridized carbons (Fsp3) is 0.192. The van der Waals surface area contributed by atoms with Crippen molar-refractivity contribution < 1.29 is 9.13 Å². The van der Waals surface area contributed by atoms with Crippen molar-refractivity contribution >= 4 is 60.6 Å². The second-order valence-electron chi connectivity index (χ2n) is 8.03. The third kappa shape index (κ3) is 5.82. The largest absolute Gasteiger partial charge is 0.486 e. The molecule has 0 unspecified atom stereocenters. The quantitative estimate of drug-likeness (QED) is 0.199. The number of ether oxygens (including phenoxy) is 1. The van der Waals surface area contributed by atoms with Gasteiger partial charge in [-0.1, -0.05) is 53.5 Å².